The smallest absolute Gasteiger partial charge is 0.318 e. The number of aromatic nitrogens is 1. The van der Waals surface area contributed by atoms with E-state index in [0.717, 1.165) is 17.0 Å². The first kappa shape index (κ1) is 15.7. The highest BCUT2D eigenvalue weighted by molar-refractivity contribution is 5.75. The largest absolute Gasteiger partial charge is 0.361 e. The Bertz CT molecular complexity index is 469. The zero-order valence-electron chi connectivity index (χ0n) is 12.4. The maximum atomic E-state index is 12.9. The SMILES string of the molecule is CCc1noc(CC)c1CNC(=O)N1CCC[C@H]1C(F)F. The van der Waals surface area contributed by atoms with Crippen LogP contribution in [0.5, 0.6) is 0 Å². The van der Waals surface area contributed by atoms with Gasteiger partial charge < -0.3 is 14.7 Å². The van der Waals surface area contributed by atoms with Gasteiger partial charge in [-0.2, -0.15) is 0 Å². The van der Waals surface area contributed by atoms with Crippen molar-refractivity contribution >= 4 is 6.03 Å². The van der Waals surface area contributed by atoms with Crippen LogP contribution in [0.1, 0.15) is 43.7 Å². The lowest BCUT2D eigenvalue weighted by molar-refractivity contribution is 0.0606. The molecule has 1 atom stereocenters. The summed E-state index contributed by atoms with van der Waals surface area (Å²) in [6, 6.07) is -1.41. The molecule has 1 aromatic heterocycles. The lowest BCUT2D eigenvalue weighted by atomic mass is 10.1. The van der Waals surface area contributed by atoms with Crippen molar-refractivity contribution in [1.29, 1.82) is 0 Å². The van der Waals surface area contributed by atoms with Gasteiger partial charge in [0.05, 0.1) is 11.7 Å². The van der Waals surface area contributed by atoms with E-state index in [2.05, 4.69) is 10.5 Å². The lowest BCUT2D eigenvalue weighted by Crippen LogP contribution is -2.45. The number of halogens is 2. The van der Waals surface area contributed by atoms with Gasteiger partial charge in [-0.15, -0.1) is 0 Å². The molecule has 118 valence electrons. The van der Waals surface area contributed by atoms with Crippen LogP contribution in [0.3, 0.4) is 0 Å². The van der Waals surface area contributed by atoms with Crippen LogP contribution in [0.25, 0.3) is 0 Å². The number of carbonyl (C=O) groups is 1. The van der Waals surface area contributed by atoms with Crippen LogP contribution in [0.4, 0.5) is 13.6 Å². The second-order valence-electron chi connectivity index (χ2n) is 5.13. The maximum Gasteiger partial charge on any atom is 0.318 e. The average Bonchev–Trinajstić information content (AvgIpc) is 3.10. The first-order valence-corrected chi connectivity index (χ1v) is 7.37. The molecule has 1 fully saturated rings. The fourth-order valence-electron chi connectivity index (χ4n) is 2.71. The van der Waals surface area contributed by atoms with Gasteiger partial charge in [-0.3, -0.25) is 0 Å². The average molecular weight is 301 g/mol. The molecule has 5 nitrogen and oxygen atoms in total. The third-order valence-corrected chi connectivity index (χ3v) is 3.87. The highest BCUT2D eigenvalue weighted by Gasteiger charge is 2.35. The molecule has 1 saturated heterocycles. The Labute approximate surface area is 122 Å². The predicted octanol–water partition coefficient (Wildman–Crippen LogP) is 2.74. The molecular weight excluding hydrogens is 280 g/mol. The molecule has 1 aromatic rings. The molecule has 0 bridgehead atoms. The summed E-state index contributed by atoms with van der Waals surface area (Å²) in [7, 11) is 0. The van der Waals surface area contributed by atoms with E-state index < -0.39 is 18.5 Å². The van der Waals surface area contributed by atoms with E-state index in [1.54, 1.807) is 0 Å². The first-order valence-electron chi connectivity index (χ1n) is 7.37. The standard InChI is InChI=1S/C14H21F2N3O2/c1-3-10-9(12(4-2)21-18-10)8-17-14(20)19-7-5-6-11(19)13(15)16/h11,13H,3-8H2,1-2H3,(H,17,20)/t11-/m0/s1. The van der Waals surface area contributed by atoms with E-state index >= 15 is 0 Å². The van der Waals surface area contributed by atoms with Gasteiger partial charge in [0, 0.05) is 25.1 Å². The van der Waals surface area contributed by atoms with Crippen molar-refractivity contribution in [2.75, 3.05) is 6.54 Å². The number of hydrogen-bond acceptors (Lipinski definition) is 3. The molecule has 0 radical (unpaired) electrons. The number of nitrogens with one attached hydrogen (secondary N) is 1. The molecule has 2 heterocycles. The molecule has 2 rings (SSSR count). The number of aryl methyl sites for hydroxylation is 2. The molecule has 0 unspecified atom stereocenters. The first-order chi connectivity index (χ1) is 10.1. The monoisotopic (exact) mass is 301 g/mol. The molecule has 1 N–H and O–H groups in total. The Hall–Kier alpha value is -1.66. The van der Waals surface area contributed by atoms with Crippen LogP contribution in [-0.4, -0.2) is 35.1 Å². The van der Waals surface area contributed by atoms with Gasteiger partial charge >= 0.3 is 6.03 Å². The van der Waals surface area contributed by atoms with Gasteiger partial charge in [-0.1, -0.05) is 19.0 Å². The quantitative estimate of drug-likeness (QED) is 0.909. The minimum Gasteiger partial charge on any atom is -0.361 e. The Morgan fingerprint density at radius 3 is 2.86 bits per heavy atom. The molecule has 7 heteroatoms. The zero-order chi connectivity index (χ0) is 15.4. The lowest BCUT2D eigenvalue weighted by Gasteiger charge is -2.24. The molecule has 0 aromatic carbocycles. The molecule has 0 aliphatic carbocycles. The van der Waals surface area contributed by atoms with Crippen LogP contribution in [0, 0.1) is 0 Å². The van der Waals surface area contributed by atoms with Crippen molar-refractivity contribution in [2.45, 2.75) is 58.5 Å². The van der Waals surface area contributed by atoms with Gasteiger partial charge in [-0.05, 0) is 19.3 Å². The van der Waals surface area contributed by atoms with E-state index in [4.69, 9.17) is 4.52 Å². The summed E-state index contributed by atoms with van der Waals surface area (Å²) in [5.74, 6) is 0.735. The fraction of sp³-hybridized carbons (Fsp3) is 0.714. The summed E-state index contributed by atoms with van der Waals surface area (Å²) in [6.45, 7) is 4.54. The molecular formula is C14H21F2N3O2. The zero-order valence-corrected chi connectivity index (χ0v) is 12.4. The number of alkyl halides is 2. The number of carbonyl (C=O) groups excluding carboxylic acids is 1. The Balaban J connectivity index is 1.99. The minimum atomic E-state index is -2.49. The maximum absolute atomic E-state index is 12.9. The Kier molecular flexibility index (Phi) is 5.14. The van der Waals surface area contributed by atoms with Gasteiger partial charge in [0.25, 0.3) is 6.43 Å². The van der Waals surface area contributed by atoms with Crippen molar-refractivity contribution in [3.63, 3.8) is 0 Å². The molecule has 1 aliphatic rings. The summed E-state index contributed by atoms with van der Waals surface area (Å²) >= 11 is 0. The highest BCUT2D eigenvalue weighted by atomic mass is 19.3. The third-order valence-electron chi connectivity index (χ3n) is 3.87. The molecule has 21 heavy (non-hydrogen) atoms. The van der Waals surface area contributed by atoms with E-state index in [9.17, 15) is 13.6 Å². The Morgan fingerprint density at radius 2 is 2.24 bits per heavy atom. The summed E-state index contributed by atoms with van der Waals surface area (Å²) in [5, 5.41) is 6.68. The topological polar surface area (TPSA) is 58.4 Å². The van der Waals surface area contributed by atoms with Crippen LogP contribution in [0.15, 0.2) is 4.52 Å². The summed E-state index contributed by atoms with van der Waals surface area (Å²) < 4.78 is 30.9. The van der Waals surface area contributed by atoms with Gasteiger partial charge in [0.15, 0.2) is 0 Å². The number of likely N-dealkylation sites (tertiary alicyclic amines) is 1. The fourth-order valence-corrected chi connectivity index (χ4v) is 2.71. The second kappa shape index (κ2) is 6.87. The molecule has 0 spiro atoms. The van der Waals surface area contributed by atoms with Crippen molar-refractivity contribution < 1.29 is 18.1 Å². The third kappa shape index (κ3) is 3.33. The van der Waals surface area contributed by atoms with Gasteiger partial charge in [0.2, 0.25) is 0 Å². The highest BCUT2D eigenvalue weighted by Crippen LogP contribution is 2.23. The van der Waals surface area contributed by atoms with Gasteiger partial charge in [-0.25, -0.2) is 13.6 Å². The summed E-state index contributed by atoms with van der Waals surface area (Å²) in [5.41, 5.74) is 1.67. The van der Waals surface area contributed by atoms with Crippen molar-refractivity contribution in [2.24, 2.45) is 0 Å². The predicted molar refractivity (Wildman–Crippen MR) is 73.2 cm³/mol. The van der Waals surface area contributed by atoms with E-state index in [-0.39, 0.29) is 6.54 Å². The number of hydrogen-bond donors (Lipinski definition) is 1. The van der Waals surface area contributed by atoms with E-state index in [0.29, 0.717) is 32.2 Å². The van der Waals surface area contributed by atoms with Crippen molar-refractivity contribution in [3.05, 3.63) is 17.0 Å². The molecule has 2 amide bonds. The molecule has 0 saturated carbocycles. The van der Waals surface area contributed by atoms with Crippen LogP contribution in [0.2, 0.25) is 0 Å². The summed E-state index contributed by atoms with van der Waals surface area (Å²) in [4.78, 5) is 13.3. The molecule has 1 aliphatic heterocycles. The van der Waals surface area contributed by atoms with Crippen molar-refractivity contribution in [1.82, 2.24) is 15.4 Å². The van der Waals surface area contributed by atoms with Crippen LogP contribution >= 0.6 is 0 Å². The number of urea groups is 1. The normalized spacial score (nSPS) is 18.5. The van der Waals surface area contributed by atoms with Gasteiger partial charge in [0.1, 0.15) is 5.76 Å². The van der Waals surface area contributed by atoms with E-state index in [1.807, 2.05) is 13.8 Å². The van der Waals surface area contributed by atoms with Crippen LogP contribution < -0.4 is 5.32 Å². The minimum absolute atomic E-state index is 0.265. The second-order valence-corrected chi connectivity index (χ2v) is 5.13. The van der Waals surface area contributed by atoms with E-state index in [1.165, 1.54) is 4.90 Å². The number of amides is 2. The van der Waals surface area contributed by atoms with Crippen molar-refractivity contribution in [3.8, 4) is 0 Å². The number of rotatable bonds is 5. The van der Waals surface area contributed by atoms with Crippen LogP contribution in [-0.2, 0) is 19.4 Å². The number of nitrogens with zero attached hydrogens (tertiary/aromatic N) is 2. The Morgan fingerprint density at radius 1 is 1.48 bits per heavy atom. The summed E-state index contributed by atoms with van der Waals surface area (Å²) in [6.07, 6.45) is -0.125.